The second kappa shape index (κ2) is 6.27. The standard InChI is InChI=1S/C20H28N2O/c23-19(18-13-20(18)9-11-21-12-10-20)22-14-15-5-7-16-3-1-2-4-17(16)8-6-15/h1-4,15,18,21H,5-14H2,(H,22,23). The third kappa shape index (κ3) is 3.16. The summed E-state index contributed by atoms with van der Waals surface area (Å²) in [4.78, 5) is 12.5. The highest BCUT2D eigenvalue weighted by atomic mass is 16.2. The summed E-state index contributed by atoms with van der Waals surface area (Å²) in [5, 5.41) is 6.69. The Hall–Kier alpha value is -1.35. The third-order valence-corrected chi connectivity index (χ3v) is 6.43. The number of hydrogen-bond acceptors (Lipinski definition) is 2. The van der Waals surface area contributed by atoms with Crippen molar-refractivity contribution in [3.8, 4) is 0 Å². The van der Waals surface area contributed by atoms with Gasteiger partial charge in [-0.05, 0) is 80.5 Å². The van der Waals surface area contributed by atoms with Crippen LogP contribution in [0.25, 0.3) is 0 Å². The van der Waals surface area contributed by atoms with Gasteiger partial charge in [-0.15, -0.1) is 0 Å². The molecule has 2 fully saturated rings. The van der Waals surface area contributed by atoms with Crippen molar-refractivity contribution >= 4 is 5.91 Å². The number of benzene rings is 1. The van der Waals surface area contributed by atoms with Gasteiger partial charge in [-0.2, -0.15) is 0 Å². The van der Waals surface area contributed by atoms with Crippen LogP contribution in [0.5, 0.6) is 0 Å². The summed E-state index contributed by atoms with van der Waals surface area (Å²) in [6.45, 7) is 3.05. The van der Waals surface area contributed by atoms with E-state index in [0.717, 1.165) is 38.9 Å². The van der Waals surface area contributed by atoms with Crippen LogP contribution in [0.3, 0.4) is 0 Å². The van der Waals surface area contributed by atoms with E-state index in [1.54, 1.807) is 0 Å². The normalized spacial score (nSPS) is 26.3. The van der Waals surface area contributed by atoms with Crippen LogP contribution in [-0.4, -0.2) is 25.5 Å². The van der Waals surface area contributed by atoms with Crippen LogP contribution in [0.15, 0.2) is 24.3 Å². The smallest absolute Gasteiger partial charge is 0.223 e. The van der Waals surface area contributed by atoms with Crippen molar-refractivity contribution in [2.24, 2.45) is 17.3 Å². The number of carbonyl (C=O) groups is 1. The van der Waals surface area contributed by atoms with Crippen LogP contribution >= 0.6 is 0 Å². The molecular weight excluding hydrogens is 284 g/mol. The molecule has 0 radical (unpaired) electrons. The Kier molecular flexibility index (Phi) is 4.14. The number of aryl methyl sites for hydroxylation is 2. The number of nitrogens with one attached hydrogen (secondary N) is 2. The Bertz CT molecular complexity index is 550. The molecule has 1 aliphatic heterocycles. The lowest BCUT2D eigenvalue weighted by Crippen LogP contribution is -2.35. The number of carbonyl (C=O) groups excluding carboxylic acids is 1. The fourth-order valence-corrected chi connectivity index (χ4v) is 4.68. The summed E-state index contributed by atoms with van der Waals surface area (Å²) in [5.74, 6) is 1.26. The molecule has 0 bridgehead atoms. The van der Waals surface area contributed by atoms with Gasteiger partial charge in [0.1, 0.15) is 0 Å². The summed E-state index contributed by atoms with van der Waals surface area (Å²) in [7, 11) is 0. The molecular formula is C20H28N2O. The fraction of sp³-hybridized carbons (Fsp3) is 0.650. The van der Waals surface area contributed by atoms with E-state index in [-0.39, 0.29) is 0 Å². The Morgan fingerprint density at radius 3 is 2.43 bits per heavy atom. The molecule has 124 valence electrons. The molecule has 1 amide bonds. The maximum Gasteiger partial charge on any atom is 0.223 e. The Labute approximate surface area is 139 Å². The summed E-state index contributed by atoms with van der Waals surface area (Å²) < 4.78 is 0. The number of hydrogen-bond donors (Lipinski definition) is 2. The van der Waals surface area contributed by atoms with Gasteiger partial charge in [0.15, 0.2) is 0 Å². The molecule has 2 N–H and O–H groups in total. The minimum Gasteiger partial charge on any atom is -0.356 e. The second-order valence-corrected chi connectivity index (χ2v) is 7.83. The first kappa shape index (κ1) is 15.2. The molecule has 3 heteroatoms. The van der Waals surface area contributed by atoms with Crippen LogP contribution in [0.1, 0.15) is 43.2 Å². The molecule has 0 aromatic heterocycles. The number of fused-ring (bicyclic) bond motifs is 1. The maximum atomic E-state index is 12.5. The largest absolute Gasteiger partial charge is 0.356 e. The Morgan fingerprint density at radius 1 is 1.13 bits per heavy atom. The Morgan fingerprint density at radius 2 is 1.78 bits per heavy atom. The van der Waals surface area contributed by atoms with Crippen LogP contribution in [-0.2, 0) is 17.6 Å². The maximum absolute atomic E-state index is 12.5. The van der Waals surface area contributed by atoms with E-state index >= 15 is 0 Å². The van der Waals surface area contributed by atoms with Gasteiger partial charge in [0.25, 0.3) is 0 Å². The van der Waals surface area contributed by atoms with Gasteiger partial charge >= 0.3 is 0 Å². The Balaban J connectivity index is 1.26. The lowest BCUT2D eigenvalue weighted by molar-refractivity contribution is -0.123. The average Bonchev–Trinajstić information content (AvgIpc) is 3.32. The molecule has 1 saturated heterocycles. The first-order valence-electron chi connectivity index (χ1n) is 9.32. The first-order valence-corrected chi connectivity index (χ1v) is 9.32. The highest BCUT2D eigenvalue weighted by molar-refractivity contribution is 5.82. The van der Waals surface area contributed by atoms with Gasteiger partial charge in [0.05, 0.1) is 0 Å². The fourth-order valence-electron chi connectivity index (χ4n) is 4.68. The molecule has 3 aliphatic rings. The lowest BCUT2D eigenvalue weighted by Gasteiger charge is -2.23. The molecule has 1 aromatic carbocycles. The van der Waals surface area contributed by atoms with E-state index in [4.69, 9.17) is 0 Å². The number of amides is 1. The van der Waals surface area contributed by atoms with Crippen molar-refractivity contribution in [2.75, 3.05) is 19.6 Å². The molecule has 2 aliphatic carbocycles. The molecule has 1 heterocycles. The van der Waals surface area contributed by atoms with Crippen LogP contribution in [0.4, 0.5) is 0 Å². The zero-order valence-electron chi connectivity index (χ0n) is 13.9. The first-order chi connectivity index (χ1) is 11.3. The zero-order valence-corrected chi connectivity index (χ0v) is 13.9. The lowest BCUT2D eigenvalue weighted by atomic mass is 9.91. The highest BCUT2D eigenvalue weighted by Gasteiger charge is 2.57. The topological polar surface area (TPSA) is 41.1 Å². The minimum absolute atomic E-state index is 0.299. The van der Waals surface area contributed by atoms with Gasteiger partial charge in [0.2, 0.25) is 5.91 Å². The predicted octanol–water partition coefficient (Wildman–Crippen LogP) is 2.69. The number of rotatable bonds is 3. The van der Waals surface area contributed by atoms with E-state index in [1.165, 1.54) is 36.8 Å². The van der Waals surface area contributed by atoms with E-state index < -0.39 is 0 Å². The van der Waals surface area contributed by atoms with Gasteiger partial charge in [-0.3, -0.25) is 4.79 Å². The van der Waals surface area contributed by atoms with Crippen molar-refractivity contribution in [1.82, 2.24) is 10.6 Å². The van der Waals surface area contributed by atoms with Gasteiger partial charge < -0.3 is 10.6 Å². The molecule has 23 heavy (non-hydrogen) atoms. The molecule has 1 atom stereocenters. The van der Waals surface area contributed by atoms with E-state index in [0.29, 0.717) is 23.2 Å². The van der Waals surface area contributed by atoms with Gasteiger partial charge in [-0.25, -0.2) is 0 Å². The van der Waals surface area contributed by atoms with E-state index in [9.17, 15) is 4.79 Å². The van der Waals surface area contributed by atoms with Gasteiger partial charge in [-0.1, -0.05) is 24.3 Å². The summed E-state index contributed by atoms with van der Waals surface area (Å²) in [5.41, 5.74) is 3.38. The minimum atomic E-state index is 0.299. The molecule has 4 rings (SSSR count). The summed E-state index contributed by atoms with van der Waals surface area (Å²) in [6.07, 6.45) is 8.23. The monoisotopic (exact) mass is 312 g/mol. The van der Waals surface area contributed by atoms with Crippen molar-refractivity contribution in [3.63, 3.8) is 0 Å². The van der Waals surface area contributed by atoms with Crippen molar-refractivity contribution in [3.05, 3.63) is 35.4 Å². The average molecular weight is 312 g/mol. The highest BCUT2D eigenvalue weighted by Crippen LogP contribution is 2.58. The SMILES string of the molecule is O=C(NCC1CCc2ccccc2CC1)C1CC12CCNCC2. The van der Waals surface area contributed by atoms with Crippen molar-refractivity contribution < 1.29 is 4.79 Å². The number of piperidine rings is 1. The summed E-state index contributed by atoms with van der Waals surface area (Å²) >= 11 is 0. The third-order valence-electron chi connectivity index (χ3n) is 6.43. The van der Waals surface area contributed by atoms with Crippen molar-refractivity contribution in [2.45, 2.75) is 44.9 Å². The van der Waals surface area contributed by atoms with Crippen molar-refractivity contribution in [1.29, 1.82) is 0 Å². The molecule has 3 nitrogen and oxygen atoms in total. The zero-order chi connectivity index (χ0) is 15.7. The van der Waals surface area contributed by atoms with E-state index in [1.807, 2.05) is 0 Å². The van der Waals surface area contributed by atoms with Crippen LogP contribution < -0.4 is 10.6 Å². The van der Waals surface area contributed by atoms with Gasteiger partial charge in [0, 0.05) is 12.5 Å². The quantitative estimate of drug-likeness (QED) is 0.843. The predicted molar refractivity (Wildman–Crippen MR) is 92.2 cm³/mol. The van der Waals surface area contributed by atoms with E-state index in [2.05, 4.69) is 34.9 Å². The molecule has 1 aromatic rings. The van der Waals surface area contributed by atoms with Crippen LogP contribution in [0, 0.1) is 17.3 Å². The molecule has 1 unspecified atom stereocenters. The molecule has 1 spiro atoms. The van der Waals surface area contributed by atoms with Crippen LogP contribution in [0.2, 0.25) is 0 Å². The second-order valence-electron chi connectivity index (χ2n) is 7.83. The summed E-state index contributed by atoms with van der Waals surface area (Å²) in [6, 6.07) is 8.82. The molecule has 1 saturated carbocycles.